The Kier molecular flexibility index (Phi) is 5.89. The van der Waals surface area contributed by atoms with E-state index in [1.807, 2.05) is 4.90 Å². The van der Waals surface area contributed by atoms with Crippen molar-refractivity contribution in [3.05, 3.63) is 23.9 Å². The molecule has 3 heterocycles. The fourth-order valence-electron chi connectivity index (χ4n) is 2.59. The zero-order chi connectivity index (χ0) is 14.7. The Labute approximate surface area is 140 Å². The number of amides is 1. The lowest BCUT2D eigenvalue weighted by Crippen LogP contribution is -2.53. The number of carbonyl (C=O) groups is 1. The second-order valence-electron chi connectivity index (χ2n) is 5.10. The summed E-state index contributed by atoms with van der Waals surface area (Å²) in [6, 6.07) is 5.60. The lowest BCUT2D eigenvalue weighted by molar-refractivity contribution is -0.132. The number of nitriles is 1. The first-order valence-corrected chi connectivity index (χ1v) is 8.14. The third-order valence-corrected chi connectivity index (χ3v) is 4.74. The number of pyridine rings is 1. The molecule has 0 unspecified atom stereocenters. The van der Waals surface area contributed by atoms with Crippen LogP contribution in [0.15, 0.2) is 18.3 Å². The van der Waals surface area contributed by atoms with Gasteiger partial charge in [-0.25, -0.2) is 4.98 Å². The fourth-order valence-corrected chi connectivity index (χ4v) is 3.52. The third kappa shape index (κ3) is 3.64. The van der Waals surface area contributed by atoms with Crippen LogP contribution in [0.3, 0.4) is 0 Å². The van der Waals surface area contributed by atoms with Crippen molar-refractivity contribution in [2.45, 2.75) is 6.04 Å². The number of carbonyl (C=O) groups excluding carboxylic acids is 1. The topological polar surface area (TPSA) is 72.3 Å². The van der Waals surface area contributed by atoms with Crippen LogP contribution in [0.5, 0.6) is 0 Å². The molecule has 22 heavy (non-hydrogen) atoms. The van der Waals surface area contributed by atoms with Crippen LogP contribution >= 0.6 is 24.2 Å². The Hall–Kier alpha value is -1.49. The van der Waals surface area contributed by atoms with Crippen LogP contribution in [0.2, 0.25) is 0 Å². The van der Waals surface area contributed by atoms with Gasteiger partial charge in [0.15, 0.2) is 0 Å². The van der Waals surface area contributed by atoms with Gasteiger partial charge < -0.3 is 9.80 Å². The summed E-state index contributed by atoms with van der Waals surface area (Å²) < 4.78 is 0. The fraction of sp³-hybridized carbons (Fsp3) is 0.500. The molecule has 0 bridgehead atoms. The van der Waals surface area contributed by atoms with Crippen molar-refractivity contribution >= 4 is 35.9 Å². The number of piperazine rings is 1. The summed E-state index contributed by atoms with van der Waals surface area (Å²) in [5.41, 5.74) is 0.616. The molecule has 0 aliphatic carbocycles. The van der Waals surface area contributed by atoms with Crippen LogP contribution in [-0.2, 0) is 4.79 Å². The molecule has 2 saturated heterocycles. The van der Waals surface area contributed by atoms with E-state index in [0.29, 0.717) is 18.7 Å². The van der Waals surface area contributed by atoms with Crippen molar-refractivity contribution in [2.24, 2.45) is 0 Å². The van der Waals surface area contributed by atoms with Crippen molar-refractivity contribution in [3.8, 4) is 6.07 Å². The van der Waals surface area contributed by atoms with E-state index in [1.165, 1.54) is 0 Å². The highest BCUT2D eigenvalue weighted by Gasteiger charge is 2.29. The van der Waals surface area contributed by atoms with E-state index in [0.717, 1.165) is 30.5 Å². The smallest absolute Gasteiger partial charge is 0.240 e. The van der Waals surface area contributed by atoms with Gasteiger partial charge in [-0.2, -0.15) is 5.26 Å². The van der Waals surface area contributed by atoms with Crippen molar-refractivity contribution in [1.82, 2.24) is 15.2 Å². The SMILES string of the molecule is Cl.N#Cc1ccnc(N2CCN(C(=O)[C@H]3CSCN3)CC2)c1. The van der Waals surface area contributed by atoms with Crippen LogP contribution in [0.25, 0.3) is 0 Å². The van der Waals surface area contributed by atoms with Gasteiger partial charge in [-0.15, -0.1) is 24.2 Å². The summed E-state index contributed by atoms with van der Waals surface area (Å²) in [6.07, 6.45) is 1.66. The first-order valence-electron chi connectivity index (χ1n) is 6.99. The Morgan fingerprint density at radius 2 is 2.18 bits per heavy atom. The minimum Gasteiger partial charge on any atom is -0.353 e. The van der Waals surface area contributed by atoms with Gasteiger partial charge in [-0.05, 0) is 12.1 Å². The van der Waals surface area contributed by atoms with Crippen LogP contribution in [-0.4, -0.2) is 59.6 Å². The number of rotatable bonds is 2. The van der Waals surface area contributed by atoms with Gasteiger partial charge in [0.25, 0.3) is 0 Å². The predicted octanol–water partition coefficient (Wildman–Crippen LogP) is 0.686. The highest BCUT2D eigenvalue weighted by atomic mass is 35.5. The van der Waals surface area contributed by atoms with Crippen molar-refractivity contribution in [1.29, 1.82) is 5.26 Å². The summed E-state index contributed by atoms with van der Waals surface area (Å²) >= 11 is 1.77. The number of hydrogen-bond donors (Lipinski definition) is 1. The van der Waals surface area contributed by atoms with Crippen LogP contribution in [0, 0.1) is 11.3 Å². The molecule has 1 N–H and O–H groups in total. The zero-order valence-corrected chi connectivity index (χ0v) is 13.7. The molecule has 2 aliphatic rings. The monoisotopic (exact) mass is 339 g/mol. The minimum atomic E-state index is -0.0263. The Morgan fingerprint density at radius 3 is 2.82 bits per heavy atom. The van der Waals surface area contributed by atoms with E-state index in [4.69, 9.17) is 5.26 Å². The molecular weight excluding hydrogens is 322 g/mol. The molecule has 118 valence electrons. The third-order valence-electron chi connectivity index (χ3n) is 3.80. The first-order chi connectivity index (χ1) is 10.3. The van der Waals surface area contributed by atoms with Crippen LogP contribution in [0.4, 0.5) is 5.82 Å². The minimum absolute atomic E-state index is 0. The lowest BCUT2D eigenvalue weighted by atomic mass is 10.2. The number of thioether (sulfide) groups is 1. The molecule has 3 rings (SSSR count). The molecule has 6 nitrogen and oxygen atoms in total. The number of nitrogens with one attached hydrogen (secondary N) is 1. The summed E-state index contributed by atoms with van der Waals surface area (Å²) in [5, 5.41) is 12.2. The number of halogens is 1. The molecule has 2 aliphatic heterocycles. The van der Waals surface area contributed by atoms with Gasteiger partial charge in [-0.3, -0.25) is 10.1 Å². The molecule has 0 saturated carbocycles. The molecule has 1 atom stereocenters. The second-order valence-corrected chi connectivity index (χ2v) is 6.13. The molecular formula is C14H18ClN5OS. The molecule has 0 radical (unpaired) electrons. The van der Waals surface area contributed by atoms with Gasteiger partial charge >= 0.3 is 0 Å². The quantitative estimate of drug-likeness (QED) is 0.854. The summed E-state index contributed by atoms with van der Waals surface area (Å²) in [6.45, 7) is 2.93. The highest BCUT2D eigenvalue weighted by molar-refractivity contribution is 7.99. The highest BCUT2D eigenvalue weighted by Crippen LogP contribution is 2.17. The first kappa shape index (κ1) is 16.9. The number of aromatic nitrogens is 1. The molecule has 0 aromatic carbocycles. The van der Waals surface area contributed by atoms with Gasteiger partial charge in [0.05, 0.1) is 17.7 Å². The van der Waals surface area contributed by atoms with Crippen LogP contribution in [0.1, 0.15) is 5.56 Å². The van der Waals surface area contributed by atoms with Gasteiger partial charge in [-0.1, -0.05) is 0 Å². The van der Waals surface area contributed by atoms with E-state index in [-0.39, 0.29) is 24.4 Å². The van der Waals surface area contributed by atoms with Gasteiger partial charge in [0.1, 0.15) is 5.82 Å². The maximum atomic E-state index is 12.3. The van der Waals surface area contributed by atoms with E-state index >= 15 is 0 Å². The van der Waals surface area contributed by atoms with Crippen LogP contribution < -0.4 is 10.2 Å². The summed E-state index contributed by atoms with van der Waals surface area (Å²) in [4.78, 5) is 20.7. The lowest BCUT2D eigenvalue weighted by Gasteiger charge is -2.36. The Morgan fingerprint density at radius 1 is 1.41 bits per heavy atom. The Bertz CT molecular complexity index is 565. The molecule has 0 spiro atoms. The van der Waals surface area contributed by atoms with E-state index in [1.54, 1.807) is 30.1 Å². The Balaban J connectivity index is 0.00000176. The van der Waals surface area contributed by atoms with Crippen molar-refractivity contribution in [2.75, 3.05) is 42.7 Å². The molecule has 2 fully saturated rings. The summed E-state index contributed by atoms with van der Waals surface area (Å²) in [5.74, 6) is 2.75. The molecule has 1 aromatic heterocycles. The van der Waals surface area contributed by atoms with E-state index in [9.17, 15) is 4.79 Å². The maximum absolute atomic E-state index is 12.3. The van der Waals surface area contributed by atoms with E-state index < -0.39 is 0 Å². The zero-order valence-electron chi connectivity index (χ0n) is 12.1. The number of nitrogens with zero attached hydrogens (tertiary/aromatic N) is 4. The molecule has 8 heteroatoms. The largest absolute Gasteiger partial charge is 0.353 e. The number of hydrogen-bond acceptors (Lipinski definition) is 6. The molecule has 1 amide bonds. The normalized spacial score (nSPS) is 21.1. The second kappa shape index (κ2) is 7.68. The standard InChI is InChI=1S/C14H17N5OS.ClH/c15-8-11-1-2-16-13(7-11)18-3-5-19(6-4-18)14(20)12-9-21-10-17-12;/h1-2,7,12,17H,3-6,9-10H2;1H/t12-;/m1./s1. The number of anilines is 1. The van der Waals surface area contributed by atoms with Crippen molar-refractivity contribution < 1.29 is 4.79 Å². The predicted molar refractivity (Wildman–Crippen MR) is 89.2 cm³/mol. The maximum Gasteiger partial charge on any atom is 0.240 e. The molecule has 1 aromatic rings. The average Bonchev–Trinajstić information content (AvgIpc) is 3.09. The average molecular weight is 340 g/mol. The van der Waals surface area contributed by atoms with Crippen molar-refractivity contribution in [3.63, 3.8) is 0 Å². The summed E-state index contributed by atoms with van der Waals surface area (Å²) in [7, 11) is 0. The van der Waals surface area contributed by atoms with E-state index in [2.05, 4.69) is 21.3 Å². The van der Waals surface area contributed by atoms with Gasteiger partial charge in [0, 0.05) is 44.0 Å². The van der Waals surface area contributed by atoms with Gasteiger partial charge in [0.2, 0.25) is 5.91 Å².